The number of pyridine rings is 1. The number of hydrogen-bond donors (Lipinski definition) is 2. The zero-order chi connectivity index (χ0) is 20.5. The molecule has 0 spiro atoms. The summed E-state index contributed by atoms with van der Waals surface area (Å²) in [6, 6.07) is 14.4. The Kier molecular flexibility index (Phi) is 7.10. The molecular formula is C22H22F2N4O. The topological polar surface area (TPSA) is 58.5 Å². The second kappa shape index (κ2) is 10.2. The molecule has 0 aliphatic carbocycles. The number of aliphatic imine (C=N–C) groups is 1. The molecule has 0 amide bonds. The highest BCUT2D eigenvalue weighted by atomic mass is 19.1. The predicted octanol–water partition coefficient (Wildman–Crippen LogP) is 4.41. The number of guanidine groups is 1. The molecule has 0 radical (unpaired) electrons. The highest BCUT2D eigenvalue weighted by Crippen LogP contribution is 2.24. The van der Waals surface area contributed by atoms with Crippen molar-refractivity contribution in [2.24, 2.45) is 4.99 Å². The summed E-state index contributed by atoms with van der Waals surface area (Å²) in [7, 11) is 0. The highest BCUT2D eigenvalue weighted by Gasteiger charge is 2.07. The van der Waals surface area contributed by atoms with Crippen LogP contribution in [0.1, 0.15) is 18.1 Å². The number of nitrogens with zero attached hydrogens (tertiary/aromatic N) is 2. The van der Waals surface area contributed by atoms with Crippen LogP contribution in [0, 0.1) is 11.6 Å². The van der Waals surface area contributed by atoms with Gasteiger partial charge in [0.15, 0.2) is 17.5 Å². The Balaban J connectivity index is 1.62. The first-order valence-electron chi connectivity index (χ1n) is 9.27. The highest BCUT2D eigenvalue weighted by molar-refractivity contribution is 5.79. The molecule has 2 aromatic carbocycles. The quantitative estimate of drug-likeness (QED) is 0.459. The molecule has 3 aromatic rings. The molecule has 7 heteroatoms. The first-order chi connectivity index (χ1) is 14.1. The van der Waals surface area contributed by atoms with Gasteiger partial charge < -0.3 is 15.4 Å². The van der Waals surface area contributed by atoms with E-state index < -0.39 is 5.82 Å². The minimum absolute atomic E-state index is 0.132. The third-order valence-corrected chi connectivity index (χ3v) is 4.00. The van der Waals surface area contributed by atoms with Crippen molar-refractivity contribution >= 4 is 5.96 Å². The number of ether oxygens (including phenoxy) is 1. The molecule has 29 heavy (non-hydrogen) atoms. The van der Waals surface area contributed by atoms with Crippen molar-refractivity contribution in [2.75, 3.05) is 6.54 Å². The van der Waals surface area contributed by atoms with Crippen LogP contribution in [0.3, 0.4) is 0 Å². The summed E-state index contributed by atoms with van der Waals surface area (Å²) in [5.41, 5.74) is 1.64. The number of rotatable bonds is 7. The van der Waals surface area contributed by atoms with Crippen LogP contribution in [0.4, 0.5) is 8.78 Å². The van der Waals surface area contributed by atoms with E-state index in [4.69, 9.17) is 4.74 Å². The third-order valence-electron chi connectivity index (χ3n) is 4.00. The first-order valence-corrected chi connectivity index (χ1v) is 9.27. The second-order valence-electron chi connectivity index (χ2n) is 6.23. The molecule has 0 bridgehead atoms. The van der Waals surface area contributed by atoms with Crippen LogP contribution in [0.5, 0.6) is 11.5 Å². The van der Waals surface area contributed by atoms with Crippen molar-refractivity contribution in [3.8, 4) is 11.5 Å². The summed E-state index contributed by atoms with van der Waals surface area (Å²) in [4.78, 5) is 8.41. The van der Waals surface area contributed by atoms with Gasteiger partial charge in [-0.25, -0.2) is 13.8 Å². The van der Waals surface area contributed by atoms with E-state index in [1.54, 1.807) is 42.6 Å². The maximum atomic E-state index is 14.4. The van der Waals surface area contributed by atoms with E-state index in [9.17, 15) is 8.78 Å². The van der Waals surface area contributed by atoms with Gasteiger partial charge in [-0.15, -0.1) is 0 Å². The smallest absolute Gasteiger partial charge is 0.191 e. The molecule has 0 fully saturated rings. The van der Waals surface area contributed by atoms with Crippen LogP contribution in [-0.2, 0) is 13.1 Å². The molecule has 1 heterocycles. The van der Waals surface area contributed by atoms with Crippen molar-refractivity contribution in [3.63, 3.8) is 0 Å². The maximum Gasteiger partial charge on any atom is 0.191 e. The van der Waals surface area contributed by atoms with Gasteiger partial charge in [0, 0.05) is 19.3 Å². The normalized spacial score (nSPS) is 11.2. The Morgan fingerprint density at radius 1 is 1.03 bits per heavy atom. The van der Waals surface area contributed by atoms with E-state index in [0.717, 1.165) is 5.56 Å². The Morgan fingerprint density at radius 3 is 2.52 bits per heavy atom. The van der Waals surface area contributed by atoms with Gasteiger partial charge >= 0.3 is 0 Å². The number of hydrogen-bond acceptors (Lipinski definition) is 3. The molecular weight excluding hydrogens is 374 g/mol. The minimum atomic E-state index is -0.467. The van der Waals surface area contributed by atoms with E-state index in [2.05, 4.69) is 20.6 Å². The van der Waals surface area contributed by atoms with E-state index >= 15 is 0 Å². The van der Waals surface area contributed by atoms with Crippen molar-refractivity contribution in [2.45, 2.75) is 20.0 Å². The largest absolute Gasteiger partial charge is 0.453 e. The molecule has 0 aliphatic rings. The van der Waals surface area contributed by atoms with Gasteiger partial charge in [0.05, 0.1) is 12.7 Å². The average Bonchev–Trinajstić information content (AvgIpc) is 2.74. The van der Waals surface area contributed by atoms with Crippen molar-refractivity contribution in [3.05, 3.63) is 89.8 Å². The molecule has 150 valence electrons. The fourth-order valence-corrected chi connectivity index (χ4v) is 2.56. The lowest BCUT2D eigenvalue weighted by Gasteiger charge is -2.12. The van der Waals surface area contributed by atoms with Crippen LogP contribution in [-0.4, -0.2) is 17.5 Å². The van der Waals surface area contributed by atoms with E-state index in [0.29, 0.717) is 36.9 Å². The fourth-order valence-electron chi connectivity index (χ4n) is 2.56. The number of halogens is 2. The lowest BCUT2D eigenvalue weighted by molar-refractivity contribution is 0.440. The van der Waals surface area contributed by atoms with Crippen molar-refractivity contribution in [1.29, 1.82) is 0 Å². The van der Waals surface area contributed by atoms with Gasteiger partial charge in [-0.1, -0.05) is 18.2 Å². The summed E-state index contributed by atoms with van der Waals surface area (Å²) in [5.74, 6) is 0.453. The summed E-state index contributed by atoms with van der Waals surface area (Å²) < 4.78 is 32.9. The zero-order valence-electron chi connectivity index (χ0n) is 16.0. The number of nitrogens with one attached hydrogen (secondary N) is 2. The van der Waals surface area contributed by atoms with Gasteiger partial charge in [-0.3, -0.25) is 4.98 Å². The zero-order valence-corrected chi connectivity index (χ0v) is 16.0. The lowest BCUT2D eigenvalue weighted by atomic mass is 10.2. The molecule has 0 unspecified atom stereocenters. The van der Waals surface area contributed by atoms with Gasteiger partial charge in [-0.2, -0.15) is 0 Å². The molecule has 0 atom stereocenters. The van der Waals surface area contributed by atoms with Gasteiger partial charge in [-0.05, 0) is 54.4 Å². The van der Waals surface area contributed by atoms with E-state index in [1.807, 2.05) is 6.92 Å². The van der Waals surface area contributed by atoms with Crippen LogP contribution in [0.2, 0.25) is 0 Å². The van der Waals surface area contributed by atoms with Crippen LogP contribution in [0.15, 0.2) is 72.0 Å². The first kappa shape index (κ1) is 20.3. The van der Waals surface area contributed by atoms with Crippen LogP contribution >= 0.6 is 0 Å². The number of aromatic nitrogens is 1. The molecule has 5 nitrogen and oxygen atoms in total. The molecule has 1 aromatic heterocycles. The third kappa shape index (κ3) is 6.27. The summed E-state index contributed by atoms with van der Waals surface area (Å²) in [5, 5.41) is 6.31. The molecule has 3 rings (SSSR count). The Bertz CT molecular complexity index is 947. The van der Waals surface area contributed by atoms with Crippen molar-refractivity contribution in [1.82, 2.24) is 15.6 Å². The molecule has 0 saturated heterocycles. The van der Waals surface area contributed by atoms with Gasteiger partial charge in [0.25, 0.3) is 0 Å². The summed E-state index contributed by atoms with van der Waals surface area (Å²) in [6.07, 6.45) is 3.14. The predicted molar refractivity (Wildman–Crippen MR) is 109 cm³/mol. The maximum absolute atomic E-state index is 14.4. The summed E-state index contributed by atoms with van der Waals surface area (Å²) >= 11 is 0. The summed E-state index contributed by atoms with van der Waals surface area (Å²) in [6.45, 7) is 3.43. The second-order valence-corrected chi connectivity index (χ2v) is 6.23. The minimum Gasteiger partial charge on any atom is -0.453 e. The SMILES string of the molecule is CCNC(=NCc1ccc(Oc2cccnc2)c(F)c1)NCc1ccc(F)cc1. The average molecular weight is 396 g/mol. The number of benzene rings is 2. The van der Waals surface area contributed by atoms with Gasteiger partial charge in [0.2, 0.25) is 0 Å². The van der Waals surface area contributed by atoms with Crippen LogP contribution < -0.4 is 15.4 Å². The molecule has 0 saturated carbocycles. The van der Waals surface area contributed by atoms with E-state index in [1.165, 1.54) is 24.4 Å². The van der Waals surface area contributed by atoms with Crippen LogP contribution in [0.25, 0.3) is 0 Å². The van der Waals surface area contributed by atoms with E-state index in [-0.39, 0.29) is 11.6 Å². The van der Waals surface area contributed by atoms with Crippen molar-refractivity contribution < 1.29 is 13.5 Å². The standard InChI is InChI=1S/C22H22F2N4O/c1-2-26-22(27-13-16-5-8-18(23)9-6-16)28-14-17-7-10-21(20(24)12-17)29-19-4-3-11-25-15-19/h3-12,15H,2,13-14H2,1H3,(H2,26,27,28). The monoisotopic (exact) mass is 396 g/mol. The molecule has 0 aliphatic heterocycles. The Morgan fingerprint density at radius 2 is 1.83 bits per heavy atom. The van der Waals surface area contributed by atoms with Gasteiger partial charge in [0.1, 0.15) is 11.6 Å². The fraction of sp³-hybridized carbons (Fsp3) is 0.182. The molecule has 2 N–H and O–H groups in total. The Hall–Kier alpha value is -3.48. The lowest BCUT2D eigenvalue weighted by Crippen LogP contribution is -2.36. The Labute approximate surface area is 168 Å².